The molecule has 0 saturated carbocycles. The first-order chi connectivity index (χ1) is 43.1. The van der Waals surface area contributed by atoms with Crippen molar-refractivity contribution >= 4 is 0 Å². The second kappa shape index (κ2) is 34.0. The minimum Gasteiger partial charge on any atom is -0.394 e. The van der Waals surface area contributed by atoms with Gasteiger partial charge in [-0.15, -0.1) is 0 Å². The minimum absolute atomic E-state index is 0.704. The van der Waals surface area contributed by atoms with Gasteiger partial charge in [-0.2, -0.15) is 0 Å². The van der Waals surface area contributed by atoms with Crippen molar-refractivity contribution in [3.05, 3.63) is 0 Å². The molecule has 0 aliphatic carbocycles. The Morgan fingerprint density at radius 2 is 0.326 bits per heavy atom. The monoisotopic (exact) mass is 1300 g/mol. The van der Waals surface area contributed by atoms with Crippen molar-refractivity contribution in [2.75, 3.05) is 132 Å². The zero-order valence-corrected chi connectivity index (χ0v) is 51.8. The minimum atomic E-state index is -1.72. The number of hydrogen-bond donors (Lipinski definition) is 9. The molecule has 0 amide bonds. The van der Waals surface area contributed by atoms with E-state index in [1.165, 1.54) is 85.3 Å². The van der Waals surface area contributed by atoms with Crippen molar-refractivity contribution in [2.24, 2.45) is 0 Å². The lowest BCUT2D eigenvalue weighted by molar-refractivity contribution is -0.402. The molecular weight excluding hydrogens is 1210 g/mol. The molecule has 89 heavy (non-hydrogen) atoms. The van der Waals surface area contributed by atoms with Crippen LogP contribution in [0.25, 0.3) is 0 Å². The molecule has 0 aromatic heterocycles. The van der Waals surface area contributed by atoms with E-state index in [1.807, 2.05) is 0 Å². The van der Waals surface area contributed by atoms with Crippen LogP contribution in [0.1, 0.15) is 0 Å². The van der Waals surface area contributed by atoms with Crippen LogP contribution in [0.3, 0.4) is 0 Å². The first-order valence-electron chi connectivity index (χ1n) is 29.2. The zero-order chi connectivity index (χ0) is 64.5. The lowest BCUT2D eigenvalue weighted by Crippen LogP contribution is -2.69. The Kier molecular flexibility index (Phi) is 28.0. The highest BCUT2D eigenvalue weighted by Gasteiger charge is 2.61. The third kappa shape index (κ3) is 14.8. The lowest BCUT2D eigenvalue weighted by Gasteiger charge is -2.52. The van der Waals surface area contributed by atoms with Crippen LogP contribution in [0.4, 0.5) is 0 Å². The van der Waals surface area contributed by atoms with E-state index in [4.69, 9.17) is 123 Å². The summed E-state index contributed by atoms with van der Waals surface area (Å²) in [5.74, 6) is 0. The van der Waals surface area contributed by atoms with E-state index in [9.17, 15) is 46.0 Å². The molecule has 21 heterocycles. The standard InChI is InChI=1S/C54H94O35/c1-64-36-28(63)30-21(14-56)76-48(36)83-29-20(13-55)77-49(37(65-2)27(29)62)85-31-22(15-57)79-51(44(72-9)38(31)66-3)87-33-24(17-59)81-53(46(74-11)40(33)68-5)89-35-26(19-61)82-54(47(75-12)42(35)70-7)88-34-25(18-60)80-52(45(73-10)41(34)69-6)86-32-23(16-58)78-50(84-30)43(71-8)39(32)67-4/h20-63H,13-19H2,1-12H3/t20-,21-,22-,23-,24-,25-,26-,27-,28-,29-,30-,31-,32-,33-,34-,35-,36+,37+,38-,39-,40-,41-,42-,43+,44+,45+,46+,47+,48-,49-,50-,51+,52-,53-,54-/m1/s1. The van der Waals surface area contributed by atoms with Gasteiger partial charge in [-0.1, -0.05) is 0 Å². The van der Waals surface area contributed by atoms with Crippen molar-refractivity contribution in [3.63, 3.8) is 0 Å². The molecule has 0 aromatic carbocycles. The molecule has 14 bridgehead atoms. The summed E-state index contributed by atoms with van der Waals surface area (Å²) >= 11 is 0. The molecule has 35 atom stereocenters. The summed E-state index contributed by atoms with van der Waals surface area (Å²) in [6, 6.07) is 0. The highest BCUT2D eigenvalue weighted by molar-refractivity contribution is 5.03. The van der Waals surface area contributed by atoms with Gasteiger partial charge in [0.1, 0.15) is 171 Å². The second-order valence-electron chi connectivity index (χ2n) is 22.2. The van der Waals surface area contributed by atoms with E-state index >= 15 is 0 Å². The van der Waals surface area contributed by atoms with E-state index in [-0.39, 0.29) is 0 Å². The Balaban J connectivity index is 1.17. The molecule has 9 N–H and O–H groups in total. The van der Waals surface area contributed by atoms with Gasteiger partial charge in [-0.05, 0) is 0 Å². The summed E-state index contributed by atoms with van der Waals surface area (Å²) in [5, 5.41) is 101. The summed E-state index contributed by atoms with van der Waals surface area (Å²) in [4.78, 5) is 0. The normalized spacial score (nSPS) is 49.5. The maximum atomic E-state index is 12.1. The highest BCUT2D eigenvalue weighted by Crippen LogP contribution is 2.42. The SMILES string of the molecule is CO[C@H]1[C@H](OC)[C@@H]2O[C@H]3[C@@H](OC)[C@H](OC)[C@@H](O[C@H]4[C@@H](OC)[C@H](OC)[C@@H](O[C@H]5[C@@H](OC)[C@H](OC)[C@@H](O[C@H]6[C@@H](OC)[C@H](OC)[C@@H](O[C@H]7[C@@H](O)[C@H](OC)[C@@H](O[C@H]8[C@@H](O)[C@H](OC)[C@@H](O[C@@H]1[C@@H](CO)O2)O[C@@H]8CO)O[C@@H]7CO)O[C@@H]6CO)O[C@@H]5CO)O[C@@H]4CO)O[C@@H]3CO. The number of hydrogen-bond acceptors (Lipinski definition) is 35. The Hall–Kier alpha value is -1.40. The van der Waals surface area contributed by atoms with Crippen LogP contribution in [-0.4, -0.2) is 392 Å². The molecule has 0 unspecified atom stereocenters. The van der Waals surface area contributed by atoms with Crippen LogP contribution >= 0.6 is 0 Å². The Bertz CT molecular complexity index is 2040. The number of aliphatic hydroxyl groups is 9. The van der Waals surface area contributed by atoms with Crippen LogP contribution in [0, 0.1) is 0 Å². The van der Waals surface area contributed by atoms with Crippen LogP contribution < -0.4 is 0 Å². The van der Waals surface area contributed by atoms with E-state index in [2.05, 4.69) is 0 Å². The van der Waals surface area contributed by atoms with Crippen molar-refractivity contribution in [1.29, 1.82) is 0 Å². The van der Waals surface area contributed by atoms with E-state index < -0.39 is 261 Å². The molecule has 21 saturated heterocycles. The maximum Gasteiger partial charge on any atom is 0.187 e. The summed E-state index contributed by atoms with van der Waals surface area (Å²) in [6.45, 7) is -5.22. The van der Waals surface area contributed by atoms with Gasteiger partial charge in [0.05, 0.1) is 46.2 Å². The van der Waals surface area contributed by atoms with Gasteiger partial charge in [0.2, 0.25) is 0 Å². The predicted octanol–water partition coefficient (Wildman–Crippen LogP) is -7.38. The first-order valence-corrected chi connectivity index (χ1v) is 29.2. The van der Waals surface area contributed by atoms with Gasteiger partial charge in [0.25, 0.3) is 0 Å². The van der Waals surface area contributed by atoms with Crippen LogP contribution in [0.15, 0.2) is 0 Å². The van der Waals surface area contributed by atoms with Crippen molar-refractivity contribution in [1.82, 2.24) is 0 Å². The molecule has 21 aliphatic rings. The summed E-state index contributed by atoms with van der Waals surface area (Å²) in [7, 11) is 15.9. The number of aliphatic hydroxyl groups excluding tert-OH is 9. The Morgan fingerprint density at radius 3 is 0.472 bits per heavy atom. The van der Waals surface area contributed by atoms with Crippen LogP contribution in [0.5, 0.6) is 0 Å². The number of methoxy groups -OCH3 is 12. The maximum absolute atomic E-state index is 12.1. The molecule has 0 aromatic rings. The number of rotatable bonds is 19. The molecule has 0 radical (unpaired) electrons. The molecule has 21 rings (SSSR count). The van der Waals surface area contributed by atoms with Gasteiger partial charge in [-0.25, -0.2) is 0 Å². The second-order valence-corrected chi connectivity index (χ2v) is 22.2. The summed E-state index contributed by atoms with van der Waals surface area (Å²) in [5.41, 5.74) is 0. The summed E-state index contributed by atoms with van der Waals surface area (Å²) in [6.07, 6.45) is -47.4. The van der Waals surface area contributed by atoms with E-state index in [0.717, 1.165) is 0 Å². The average Bonchev–Trinajstić information content (AvgIpc) is 1.53. The quantitative estimate of drug-likeness (QED) is 0.0580. The van der Waals surface area contributed by atoms with Gasteiger partial charge in [0, 0.05) is 85.3 Å². The van der Waals surface area contributed by atoms with Gasteiger partial charge in [0.15, 0.2) is 44.0 Å². The predicted molar refractivity (Wildman–Crippen MR) is 286 cm³/mol. The smallest absolute Gasteiger partial charge is 0.187 e. The van der Waals surface area contributed by atoms with Crippen molar-refractivity contribution < 1.29 is 169 Å². The fourth-order valence-electron chi connectivity index (χ4n) is 13.3. The zero-order valence-electron chi connectivity index (χ0n) is 51.8. The lowest BCUT2D eigenvalue weighted by atomic mass is 9.94. The largest absolute Gasteiger partial charge is 0.394 e. The third-order valence-electron chi connectivity index (χ3n) is 17.8. The fourth-order valence-corrected chi connectivity index (χ4v) is 13.3. The molecular formula is C54H94O35. The molecule has 35 nitrogen and oxygen atoms in total. The van der Waals surface area contributed by atoms with Gasteiger partial charge < -0.3 is 169 Å². The Labute approximate surface area is 514 Å². The fraction of sp³-hybridized carbons (Fsp3) is 1.00. The van der Waals surface area contributed by atoms with Crippen molar-refractivity contribution in [2.45, 2.75) is 215 Å². The molecule has 520 valence electrons. The Morgan fingerprint density at radius 1 is 0.191 bits per heavy atom. The molecule has 21 fully saturated rings. The molecule has 35 heteroatoms. The highest BCUT2D eigenvalue weighted by atomic mass is 16.8. The van der Waals surface area contributed by atoms with E-state index in [0.29, 0.717) is 0 Å². The third-order valence-corrected chi connectivity index (χ3v) is 17.8. The van der Waals surface area contributed by atoms with E-state index in [1.54, 1.807) is 0 Å². The first kappa shape index (κ1) is 73.4. The average molecular weight is 1300 g/mol. The number of ether oxygens (including phenoxy) is 26. The molecule has 0 spiro atoms. The molecule has 21 aliphatic heterocycles. The van der Waals surface area contributed by atoms with Crippen LogP contribution in [0.2, 0.25) is 0 Å². The van der Waals surface area contributed by atoms with Crippen molar-refractivity contribution in [3.8, 4) is 0 Å². The van der Waals surface area contributed by atoms with Gasteiger partial charge >= 0.3 is 0 Å². The summed E-state index contributed by atoms with van der Waals surface area (Å²) < 4.78 is 162. The van der Waals surface area contributed by atoms with Gasteiger partial charge in [-0.3, -0.25) is 0 Å². The van der Waals surface area contributed by atoms with Crippen LogP contribution in [-0.2, 0) is 123 Å². The topological polar surface area (TPSA) is 422 Å².